The van der Waals surface area contributed by atoms with Gasteiger partial charge >= 0.3 is 5.63 Å². The third-order valence-electron chi connectivity index (χ3n) is 4.99. The summed E-state index contributed by atoms with van der Waals surface area (Å²) in [6.45, 7) is 0.337. The summed E-state index contributed by atoms with van der Waals surface area (Å²) in [5.74, 6) is 2.49. The van der Waals surface area contributed by atoms with Crippen molar-refractivity contribution in [2.45, 2.75) is 6.61 Å². The summed E-state index contributed by atoms with van der Waals surface area (Å²) in [5, 5.41) is 0.786. The van der Waals surface area contributed by atoms with Crippen LogP contribution in [0.2, 0.25) is 0 Å². The van der Waals surface area contributed by atoms with Crippen LogP contribution in [0.25, 0.3) is 22.1 Å². The maximum Gasteiger partial charge on any atom is 0.344 e. The number of benzene rings is 3. The first kappa shape index (κ1) is 20.3. The average molecular weight is 418 g/mol. The lowest BCUT2D eigenvalue weighted by atomic mass is 10.1. The van der Waals surface area contributed by atoms with Gasteiger partial charge in [-0.15, -0.1) is 0 Å². The van der Waals surface area contributed by atoms with Crippen molar-refractivity contribution in [2.24, 2.45) is 0 Å². The van der Waals surface area contributed by atoms with Gasteiger partial charge in [0.1, 0.15) is 23.7 Å². The van der Waals surface area contributed by atoms with Crippen molar-refractivity contribution in [3.8, 4) is 34.1 Å². The molecule has 0 spiro atoms. The number of rotatable bonds is 7. The van der Waals surface area contributed by atoms with Crippen LogP contribution in [0.1, 0.15) is 5.56 Å². The highest BCUT2D eigenvalue weighted by Gasteiger charge is 2.12. The van der Waals surface area contributed by atoms with Gasteiger partial charge in [0.2, 0.25) is 0 Å². The zero-order valence-electron chi connectivity index (χ0n) is 17.5. The first-order valence-electron chi connectivity index (χ1n) is 9.68. The van der Waals surface area contributed by atoms with Gasteiger partial charge in [-0.1, -0.05) is 24.3 Å². The Morgan fingerprint density at radius 1 is 0.774 bits per heavy atom. The number of methoxy groups -OCH3 is 3. The Labute approximate surface area is 179 Å². The minimum atomic E-state index is -0.443. The Bertz CT molecular complexity index is 1270. The largest absolute Gasteiger partial charge is 0.496 e. The topological polar surface area (TPSA) is 67.1 Å². The van der Waals surface area contributed by atoms with Crippen molar-refractivity contribution < 1.29 is 23.4 Å². The summed E-state index contributed by atoms with van der Waals surface area (Å²) in [6.07, 6.45) is 0. The minimum Gasteiger partial charge on any atom is -0.496 e. The fourth-order valence-corrected chi connectivity index (χ4v) is 3.37. The van der Waals surface area contributed by atoms with Crippen LogP contribution < -0.4 is 24.6 Å². The van der Waals surface area contributed by atoms with Crippen molar-refractivity contribution >= 4 is 11.0 Å². The highest BCUT2D eigenvalue weighted by molar-refractivity contribution is 5.83. The van der Waals surface area contributed by atoms with E-state index >= 15 is 0 Å². The van der Waals surface area contributed by atoms with Gasteiger partial charge in [-0.25, -0.2) is 4.79 Å². The van der Waals surface area contributed by atoms with Gasteiger partial charge in [-0.05, 0) is 42.0 Å². The third-order valence-corrected chi connectivity index (χ3v) is 4.99. The maximum absolute atomic E-state index is 12.7. The van der Waals surface area contributed by atoms with Gasteiger partial charge in [0, 0.05) is 17.0 Å². The molecule has 0 aliphatic heterocycles. The van der Waals surface area contributed by atoms with Gasteiger partial charge in [0.15, 0.2) is 11.5 Å². The molecule has 4 aromatic rings. The molecule has 0 bridgehead atoms. The molecule has 0 aliphatic carbocycles. The van der Waals surface area contributed by atoms with Gasteiger partial charge < -0.3 is 23.4 Å². The first-order valence-corrected chi connectivity index (χ1v) is 9.68. The molecule has 31 heavy (non-hydrogen) atoms. The Kier molecular flexibility index (Phi) is 5.80. The summed E-state index contributed by atoms with van der Waals surface area (Å²) in [4.78, 5) is 12.7. The Morgan fingerprint density at radius 3 is 2.32 bits per heavy atom. The van der Waals surface area contributed by atoms with Crippen LogP contribution in [-0.2, 0) is 6.61 Å². The second kappa shape index (κ2) is 8.83. The highest BCUT2D eigenvalue weighted by Crippen LogP contribution is 2.32. The van der Waals surface area contributed by atoms with E-state index in [1.54, 1.807) is 51.7 Å². The van der Waals surface area contributed by atoms with Crippen LogP contribution in [0.3, 0.4) is 0 Å². The van der Waals surface area contributed by atoms with Crippen molar-refractivity contribution in [2.75, 3.05) is 21.3 Å². The smallest absolute Gasteiger partial charge is 0.344 e. The van der Waals surface area contributed by atoms with E-state index in [2.05, 4.69) is 0 Å². The van der Waals surface area contributed by atoms with Crippen molar-refractivity contribution in [1.82, 2.24) is 0 Å². The molecule has 4 rings (SSSR count). The quantitative estimate of drug-likeness (QED) is 0.391. The number of hydrogen-bond donors (Lipinski definition) is 0. The zero-order chi connectivity index (χ0) is 21.8. The molecule has 3 aromatic carbocycles. The van der Waals surface area contributed by atoms with Crippen LogP contribution in [-0.4, -0.2) is 21.3 Å². The first-order chi connectivity index (χ1) is 15.1. The van der Waals surface area contributed by atoms with E-state index in [1.807, 2.05) is 36.4 Å². The highest BCUT2D eigenvalue weighted by atomic mass is 16.5. The lowest BCUT2D eigenvalue weighted by Crippen LogP contribution is -2.03. The minimum absolute atomic E-state index is 0.337. The van der Waals surface area contributed by atoms with E-state index in [0.29, 0.717) is 40.6 Å². The predicted molar refractivity (Wildman–Crippen MR) is 118 cm³/mol. The molecule has 0 atom stereocenters. The van der Waals surface area contributed by atoms with Gasteiger partial charge in [0.25, 0.3) is 0 Å². The second-order valence-electron chi connectivity index (χ2n) is 6.82. The normalized spacial score (nSPS) is 10.7. The lowest BCUT2D eigenvalue weighted by molar-refractivity contribution is 0.296. The molecule has 0 aliphatic rings. The second-order valence-corrected chi connectivity index (χ2v) is 6.82. The molecule has 1 aromatic heterocycles. The zero-order valence-corrected chi connectivity index (χ0v) is 17.5. The molecule has 6 nitrogen and oxygen atoms in total. The van der Waals surface area contributed by atoms with Gasteiger partial charge in [-0.2, -0.15) is 0 Å². The van der Waals surface area contributed by atoms with E-state index in [0.717, 1.165) is 16.7 Å². The number of hydrogen-bond acceptors (Lipinski definition) is 6. The van der Waals surface area contributed by atoms with E-state index in [1.165, 1.54) is 0 Å². The molecule has 158 valence electrons. The van der Waals surface area contributed by atoms with Crippen molar-refractivity contribution in [3.63, 3.8) is 0 Å². The number of ether oxygens (including phenoxy) is 4. The molecule has 1 heterocycles. The summed E-state index contributed by atoms with van der Waals surface area (Å²) < 4.78 is 27.4. The SMILES string of the molecule is COc1ccccc1COc1ccc2cc(-c3ccc(OC)c(OC)c3)c(=O)oc2c1. The number of para-hydroxylation sites is 1. The molecule has 0 radical (unpaired) electrons. The van der Waals surface area contributed by atoms with Gasteiger partial charge in [-0.3, -0.25) is 0 Å². The van der Waals surface area contributed by atoms with Crippen LogP contribution in [0.4, 0.5) is 0 Å². The molecule has 0 N–H and O–H groups in total. The molecule has 0 saturated heterocycles. The summed E-state index contributed by atoms with van der Waals surface area (Å²) in [6, 6.07) is 20.2. The van der Waals surface area contributed by atoms with Crippen LogP contribution in [0.5, 0.6) is 23.0 Å². The standard InChI is InChI=1S/C25H22O6/c1-27-21-7-5-4-6-18(21)15-30-19-10-8-17-12-20(25(26)31-23(17)14-19)16-9-11-22(28-2)24(13-16)29-3/h4-14H,15H2,1-3H3. The Morgan fingerprint density at radius 2 is 1.55 bits per heavy atom. The van der Waals surface area contributed by atoms with E-state index in [9.17, 15) is 4.79 Å². The molecule has 0 fully saturated rings. The monoisotopic (exact) mass is 418 g/mol. The molecule has 0 amide bonds. The Hall–Kier alpha value is -3.93. The van der Waals surface area contributed by atoms with E-state index in [4.69, 9.17) is 23.4 Å². The van der Waals surface area contributed by atoms with E-state index < -0.39 is 5.63 Å². The Balaban J connectivity index is 1.63. The molecule has 0 unspecified atom stereocenters. The third kappa shape index (κ3) is 4.19. The van der Waals surface area contributed by atoms with Crippen LogP contribution in [0, 0.1) is 0 Å². The molecular weight excluding hydrogens is 396 g/mol. The summed E-state index contributed by atoms with van der Waals surface area (Å²) in [7, 11) is 4.74. The van der Waals surface area contributed by atoms with Gasteiger partial charge in [0.05, 0.1) is 26.9 Å². The van der Waals surface area contributed by atoms with Crippen molar-refractivity contribution in [3.05, 3.63) is 82.7 Å². The lowest BCUT2D eigenvalue weighted by Gasteiger charge is -2.11. The maximum atomic E-state index is 12.7. The molecule has 6 heteroatoms. The van der Waals surface area contributed by atoms with E-state index in [-0.39, 0.29) is 0 Å². The summed E-state index contributed by atoms with van der Waals surface area (Å²) >= 11 is 0. The fourth-order valence-electron chi connectivity index (χ4n) is 3.37. The van der Waals surface area contributed by atoms with Crippen LogP contribution >= 0.6 is 0 Å². The summed E-state index contributed by atoms with van der Waals surface area (Å²) in [5.41, 5.74) is 2.06. The molecule has 0 saturated carbocycles. The average Bonchev–Trinajstić information content (AvgIpc) is 2.81. The predicted octanol–water partition coefficient (Wildman–Crippen LogP) is 5.06. The fraction of sp³-hybridized carbons (Fsp3) is 0.160. The van der Waals surface area contributed by atoms with Crippen LogP contribution in [0.15, 0.2) is 75.9 Å². The van der Waals surface area contributed by atoms with Crippen molar-refractivity contribution in [1.29, 1.82) is 0 Å². The molecular formula is C25H22O6. The number of fused-ring (bicyclic) bond motifs is 1.